The summed E-state index contributed by atoms with van der Waals surface area (Å²) in [5.74, 6) is 0.424. The third-order valence-corrected chi connectivity index (χ3v) is 3.18. The first-order valence-corrected chi connectivity index (χ1v) is 6.41. The van der Waals surface area contributed by atoms with Crippen molar-refractivity contribution in [2.24, 2.45) is 0 Å². The van der Waals surface area contributed by atoms with Crippen LogP contribution in [0.4, 0.5) is 5.69 Å². The second-order valence-corrected chi connectivity index (χ2v) is 4.60. The highest BCUT2D eigenvalue weighted by atomic mass is 16.6. The summed E-state index contributed by atoms with van der Waals surface area (Å²) in [5, 5.41) is 19.9. The van der Waals surface area contributed by atoms with Crippen LogP contribution >= 0.6 is 0 Å². The third kappa shape index (κ3) is 3.24. The molecule has 8 heteroatoms. The molecule has 0 saturated heterocycles. The zero-order valence-corrected chi connectivity index (χ0v) is 12.1. The molecular weight excluding hydrogens is 302 g/mol. The van der Waals surface area contributed by atoms with Crippen LogP contribution in [0.1, 0.15) is 21.5 Å². The monoisotopic (exact) mass is 313 g/mol. The van der Waals surface area contributed by atoms with Crippen LogP contribution in [0.3, 0.4) is 0 Å². The number of nitrogens with zero attached hydrogens (tertiary/aromatic N) is 3. The maximum absolute atomic E-state index is 12.1. The van der Waals surface area contributed by atoms with Crippen LogP contribution in [0.5, 0.6) is 5.75 Å². The summed E-state index contributed by atoms with van der Waals surface area (Å²) >= 11 is 0. The molecule has 0 unspecified atom stereocenters. The number of pyridine rings is 1. The molecule has 8 nitrogen and oxygen atoms in total. The molecule has 0 bridgehead atoms. The number of ether oxygens (including phenoxy) is 1. The Balaban J connectivity index is 2.58. The van der Waals surface area contributed by atoms with Crippen LogP contribution in [0.25, 0.3) is 0 Å². The number of benzene rings is 1. The van der Waals surface area contributed by atoms with Crippen molar-refractivity contribution in [1.29, 1.82) is 5.26 Å². The van der Waals surface area contributed by atoms with Crippen molar-refractivity contribution in [1.82, 2.24) is 4.57 Å². The lowest BCUT2D eigenvalue weighted by Crippen LogP contribution is -2.23. The van der Waals surface area contributed by atoms with E-state index in [1.807, 2.05) is 0 Å². The van der Waals surface area contributed by atoms with Gasteiger partial charge in [0.15, 0.2) is 0 Å². The summed E-state index contributed by atoms with van der Waals surface area (Å²) in [6, 6.07) is 7.20. The first-order chi connectivity index (χ1) is 11.0. The van der Waals surface area contributed by atoms with Crippen LogP contribution in [0, 0.1) is 21.4 Å². The summed E-state index contributed by atoms with van der Waals surface area (Å²) in [6.07, 6.45) is 1.69. The fraction of sp³-hybridized carbons (Fsp3) is 0.133. The van der Waals surface area contributed by atoms with Gasteiger partial charge in [-0.05, 0) is 18.2 Å². The fourth-order valence-electron chi connectivity index (χ4n) is 2.10. The molecule has 2 rings (SSSR count). The van der Waals surface area contributed by atoms with Gasteiger partial charge in [0, 0.05) is 17.2 Å². The van der Waals surface area contributed by atoms with E-state index < -0.39 is 10.5 Å². The van der Waals surface area contributed by atoms with E-state index in [9.17, 15) is 19.7 Å². The molecule has 23 heavy (non-hydrogen) atoms. The summed E-state index contributed by atoms with van der Waals surface area (Å²) in [5.41, 5.74) is -0.489. The smallest absolute Gasteiger partial charge is 0.287 e. The molecule has 1 aromatic carbocycles. The van der Waals surface area contributed by atoms with Crippen LogP contribution in [-0.2, 0) is 6.54 Å². The predicted octanol–water partition coefficient (Wildman–Crippen LogP) is 1.50. The number of nitro groups is 1. The minimum Gasteiger partial charge on any atom is -0.496 e. The topological polar surface area (TPSA) is 115 Å². The molecule has 0 spiro atoms. The standard InChI is InChI=1S/C15H11N3O5/c1-23-14-3-2-10(9-19)4-12(14)7-17-8-13(18(21)22)5-11(6-16)15(17)20/h2-5,8-9H,7H2,1H3. The molecule has 0 aliphatic carbocycles. The largest absolute Gasteiger partial charge is 0.496 e. The van der Waals surface area contributed by atoms with Crippen molar-refractivity contribution in [2.45, 2.75) is 6.54 Å². The second kappa shape index (κ2) is 6.53. The molecule has 1 heterocycles. The lowest BCUT2D eigenvalue weighted by Gasteiger charge is -2.11. The first kappa shape index (κ1) is 15.9. The number of nitriles is 1. The van der Waals surface area contributed by atoms with E-state index in [1.54, 1.807) is 18.2 Å². The van der Waals surface area contributed by atoms with E-state index in [-0.39, 0.29) is 17.8 Å². The van der Waals surface area contributed by atoms with Gasteiger partial charge in [-0.3, -0.25) is 19.7 Å². The highest BCUT2D eigenvalue weighted by Gasteiger charge is 2.15. The fourth-order valence-corrected chi connectivity index (χ4v) is 2.10. The summed E-state index contributed by atoms with van der Waals surface area (Å²) in [7, 11) is 1.43. The van der Waals surface area contributed by atoms with Gasteiger partial charge in [0.2, 0.25) is 0 Å². The number of aldehydes is 1. The Morgan fingerprint density at radius 1 is 1.43 bits per heavy atom. The zero-order valence-electron chi connectivity index (χ0n) is 12.1. The third-order valence-electron chi connectivity index (χ3n) is 3.18. The number of hydrogen-bond acceptors (Lipinski definition) is 6. The number of hydrogen-bond donors (Lipinski definition) is 0. The van der Waals surface area contributed by atoms with E-state index in [1.165, 1.54) is 13.2 Å². The summed E-state index contributed by atoms with van der Waals surface area (Å²) in [6.45, 7) is -0.0694. The van der Waals surface area contributed by atoms with E-state index in [0.29, 0.717) is 23.2 Å². The summed E-state index contributed by atoms with van der Waals surface area (Å²) in [4.78, 5) is 33.3. The van der Waals surface area contributed by atoms with Crippen molar-refractivity contribution in [3.63, 3.8) is 0 Å². The molecule has 0 aliphatic heterocycles. The Kier molecular flexibility index (Phi) is 4.52. The normalized spacial score (nSPS) is 9.91. The Morgan fingerprint density at radius 2 is 2.17 bits per heavy atom. The van der Waals surface area contributed by atoms with Crippen molar-refractivity contribution >= 4 is 12.0 Å². The average molecular weight is 313 g/mol. The van der Waals surface area contributed by atoms with Gasteiger partial charge in [0.1, 0.15) is 23.7 Å². The molecule has 0 aliphatic rings. The molecule has 0 saturated carbocycles. The van der Waals surface area contributed by atoms with Crippen molar-refractivity contribution in [2.75, 3.05) is 7.11 Å². The number of methoxy groups -OCH3 is 1. The van der Waals surface area contributed by atoms with Gasteiger partial charge >= 0.3 is 0 Å². The summed E-state index contributed by atoms with van der Waals surface area (Å²) < 4.78 is 6.21. The molecule has 0 radical (unpaired) electrons. The van der Waals surface area contributed by atoms with E-state index in [2.05, 4.69) is 0 Å². The lowest BCUT2D eigenvalue weighted by molar-refractivity contribution is -0.385. The molecule has 1 aromatic heterocycles. The van der Waals surface area contributed by atoms with Gasteiger partial charge in [-0.15, -0.1) is 0 Å². The maximum atomic E-state index is 12.1. The molecule has 116 valence electrons. The van der Waals surface area contributed by atoms with Gasteiger partial charge in [-0.1, -0.05) is 0 Å². The van der Waals surface area contributed by atoms with Gasteiger partial charge in [-0.2, -0.15) is 5.26 Å². The highest BCUT2D eigenvalue weighted by molar-refractivity contribution is 5.75. The number of aromatic nitrogens is 1. The van der Waals surface area contributed by atoms with Crippen molar-refractivity contribution < 1.29 is 14.5 Å². The van der Waals surface area contributed by atoms with Gasteiger partial charge in [0.25, 0.3) is 11.2 Å². The second-order valence-electron chi connectivity index (χ2n) is 4.60. The van der Waals surface area contributed by atoms with Crippen LogP contribution in [0.15, 0.2) is 35.3 Å². The Labute approximate surface area is 130 Å². The molecule has 0 fully saturated rings. The molecular formula is C15H11N3O5. The van der Waals surface area contributed by atoms with Gasteiger partial charge in [0.05, 0.1) is 24.8 Å². The van der Waals surface area contributed by atoms with Crippen LogP contribution < -0.4 is 10.3 Å². The number of carbonyl (C=O) groups is 1. The first-order valence-electron chi connectivity index (χ1n) is 6.41. The number of carbonyl (C=O) groups excluding carboxylic acids is 1. The molecule has 0 N–H and O–H groups in total. The molecule has 0 amide bonds. The molecule has 0 atom stereocenters. The SMILES string of the molecule is COc1ccc(C=O)cc1Cn1cc([N+](=O)[O-])cc(C#N)c1=O. The highest BCUT2D eigenvalue weighted by Crippen LogP contribution is 2.21. The van der Waals surface area contributed by atoms with Gasteiger partial charge < -0.3 is 9.30 Å². The van der Waals surface area contributed by atoms with E-state index in [4.69, 9.17) is 10.00 Å². The number of rotatable bonds is 5. The van der Waals surface area contributed by atoms with Crippen molar-refractivity contribution in [3.8, 4) is 11.8 Å². The van der Waals surface area contributed by atoms with Crippen LogP contribution in [0.2, 0.25) is 0 Å². The minimum atomic E-state index is -0.685. The maximum Gasteiger partial charge on any atom is 0.287 e. The van der Waals surface area contributed by atoms with Gasteiger partial charge in [-0.25, -0.2) is 0 Å². The Hall–Kier alpha value is -3.47. The lowest BCUT2D eigenvalue weighted by atomic mass is 10.1. The predicted molar refractivity (Wildman–Crippen MR) is 79.6 cm³/mol. The van der Waals surface area contributed by atoms with Crippen molar-refractivity contribution in [3.05, 3.63) is 67.6 Å². The minimum absolute atomic E-state index is 0.0694. The quantitative estimate of drug-likeness (QED) is 0.469. The van der Waals surface area contributed by atoms with E-state index >= 15 is 0 Å². The molecule has 2 aromatic rings. The Morgan fingerprint density at radius 3 is 2.74 bits per heavy atom. The average Bonchev–Trinajstić information content (AvgIpc) is 2.56. The zero-order chi connectivity index (χ0) is 17.0. The van der Waals surface area contributed by atoms with Crippen LogP contribution in [-0.4, -0.2) is 22.9 Å². The Bertz CT molecular complexity index is 880. The van der Waals surface area contributed by atoms with E-state index in [0.717, 1.165) is 16.8 Å².